The second kappa shape index (κ2) is 6.64. The molecular weight excluding hydrogens is 250 g/mol. The second-order valence-corrected chi connectivity index (χ2v) is 4.17. The van der Waals surface area contributed by atoms with Gasteiger partial charge in [0, 0.05) is 19.8 Å². The third-order valence-electron chi connectivity index (χ3n) is 2.62. The molecule has 0 amide bonds. The Morgan fingerprint density at radius 3 is 2.00 bits per heavy atom. The largest absolute Gasteiger partial charge is 0.396 e. The Hall–Kier alpha value is -3.23. The highest BCUT2D eigenvalue weighted by Gasteiger charge is 2.07. The van der Waals surface area contributed by atoms with Crippen molar-refractivity contribution in [2.75, 3.05) is 19.0 Å². The fourth-order valence-corrected chi connectivity index (χ4v) is 1.49. The lowest BCUT2D eigenvalue weighted by atomic mass is 10.1. The number of hydrogen-bond acceptors (Lipinski definition) is 5. The molecule has 1 aromatic carbocycles. The molecule has 0 aliphatic heterocycles. The standard InChI is InChI=1S/C15H13N5/c1-20(2)14-5-3-11(4-6-14)7-12(8-16)15(19)13(9-17)10-18/h3-7H,19H2,1-2H3/b12-7-. The maximum Gasteiger partial charge on any atom is 0.153 e. The van der Waals surface area contributed by atoms with Crippen molar-refractivity contribution in [2.45, 2.75) is 0 Å². The zero-order valence-electron chi connectivity index (χ0n) is 11.3. The first-order valence-corrected chi connectivity index (χ1v) is 5.73. The van der Waals surface area contributed by atoms with Crippen molar-refractivity contribution in [2.24, 2.45) is 5.73 Å². The van der Waals surface area contributed by atoms with Crippen LogP contribution in [0.5, 0.6) is 0 Å². The molecule has 0 fully saturated rings. The monoisotopic (exact) mass is 263 g/mol. The van der Waals surface area contributed by atoms with Gasteiger partial charge in [-0.05, 0) is 23.8 Å². The van der Waals surface area contributed by atoms with E-state index in [0.29, 0.717) is 0 Å². The second-order valence-electron chi connectivity index (χ2n) is 4.17. The van der Waals surface area contributed by atoms with Crippen LogP contribution in [0.2, 0.25) is 0 Å². The van der Waals surface area contributed by atoms with Crippen molar-refractivity contribution < 1.29 is 0 Å². The van der Waals surface area contributed by atoms with Crippen LogP contribution in [0.25, 0.3) is 6.08 Å². The van der Waals surface area contributed by atoms with Gasteiger partial charge in [0.2, 0.25) is 0 Å². The Bertz CT molecular complexity index is 657. The van der Waals surface area contributed by atoms with Gasteiger partial charge < -0.3 is 10.6 Å². The molecule has 20 heavy (non-hydrogen) atoms. The number of allylic oxidation sites excluding steroid dienone is 2. The lowest BCUT2D eigenvalue weighted by molar-refractivity contribution is 1.13. The van der Waals surface area contributed by atoms with Crippen LogP contribution in [0.3, 0.4) is 0 Å². The van der Waals surface area contributed by atoms with Gasteiger partial charge in [0.1, 0.15) is 18.2 Å². The molecular formula is C15H13N5. The van der Waals surface area contributed by atoms with Crippen LogP contribution in [0.4, 0.5) is 5.69 Å². The van der Waals surface area contributed by atoms with Crippen LogP contribution < -0.4 is 10.6 Å². The first-order valence-electron chi connectivity index (χ1n) is 5.73. The van der Waals surface area contributed by atoms with E-state index in [9.17, 15) is 0 Å². The van der Waals surface area contributed by atoms with Crippen molar-refractivity contribution in [1.29, 1.82) is 15.8 Å². The average Bonchev–Trinajstić information content (AvgIpc) is 2.46. The van der Waals surface area contributed by atoms with Gasteiger partial charge in [0.25, 0.3) is 0 Å². The van der Waals surface area contributed by atoms with Crippen LogP contribution in [-0.4, -0.2) is 14.1 Å². The Morgan fingerprint density at radius 2 is 1.60 bits per heavy atom. The minimum atomic E-state index is -0.261. The summed E-state index contributed by atoms with van der Waals surface area (Å²) in [5, 5.41) is 26.6. The fraction of sp³-hybridized carbons (Fsp3) is 0.133. The summed E-state index contributed by atoms with van der Waals surface area (Å²) in [5.41, 5.74) is 7.18. The van der Waals surface area contributed by atoms with E-state index in [1.165, 1.54) is 0 Å². The van der Waals surface area contributed by atoms with Gasteiger partial charge >= 0.3 is 0 Å². The minimum Gasteiger partial charge on any atom is -0.396 e. The fourth-order valence-electron chi connectivity index (χ4n) is 1.49. The van der Waals surface area contributed by atoms with E-state index in [-0.39, 0.29) is 16.8 Å². The summed E-state index contributed by atoms with van der Waals surface area (Å²) in [6.07, 6.45) is 1.55. The molecule has 1 rings (SSSR count). The van der Waals surface area contributed by atoms with Gasteiger partial charge in [-0.15, -0.1) is 0 Å². The normalized spacial score (nSPS) is 9.85. The number of benzene rings is 1. The highest BCUT2D eigenvalue weighted by atomic mass is 15.1. The third kappa shape index (κ3) is 3.38. The zero-order valence-corrected chi connectivity index (χ0v) is 11.3. The van der Waals surface area contributed by atoms with E-state index < -0.39 is 0 Å². The van der Waals surface area contributed by atoms with E-state index in [0.717, 1.165) is 11.3 Å². The molecule has 0 aliphatic carbocycles. The Labute approximate surface area is 118 Å². The van der Waals surface area contributed by atoms with Crippen LogP contribution in [0.1, 0.15) is 5.56 Å². The van der Waals surface area contributed by atoms with Gasteiger partial charge in [-0.1, -0.05) is 12.1 Å². The van der Waals surface area contributed by atoms with Gasteiger partial charge in [0.15, 0.2) is 5.57 Å². The number of anilines is 1. The minimum absolute atomic E-state index is 0.0979. The van der Waals surface area contributed by atoms with Crippen LogP contribution in [0, 0.1) is 34.0 Å². The SMILES string of the molecule is CN(C)c1ccc(/C=C(/C#N)C(N)=C(C#N)C#N)cc1. The molecule has 0 saturated carbocycles. The highest BCUT2D eigenvalue weighted by Crippen LogP contribution is 2.17. The summed E-state index contributed by atoms with van der Waals surface area (Å²) in [7, 11) is 3.86. The van der Waals surface area contributed by atoms with E-state index in [4.69, 9.17) is 21.5 Å². The summed E-state index contributed by atoms with van der Waals surface area (Å²) in [6, 6.07) is 12.7. The smallest absolute Gasteiger partial charge is 0.153 e. The molecule has 0 unspecified atom stereocenters. The number of hydrogen-bond donors (Lipinski definition) is 1. The highest BCUT2D eigenvalue weighted by molar-refractivity contribution is 5.67. The lowest BCUT2D eigenvalue weighted by Crippen LogP contribution is -2.08. The van der Waals surface area contributed by atoms with E-state index in [2.05, 4.69) is 0 Å². The molecule has 0 spiro atoms. The van der Waals surface area contributed by atoms with Gasteiger partial charge in [-0.2, -0.15) is 15.8 Å². The predicted octanol–water partition coefficient (Wildman–Crippen LogP) is 1.92. The molecule has 0 atom stereocenters. The number of nitrogens with zero attached hydrogens (tertiary/aromatic N) is 4. The maximum absolute atomic E-state index is 9.08. The van der Waals surface area contributed by atoms with Crippen LogP contribution >= 0.6 is 0 Å². The molecule has 0 aromatic heterocycles. The van der Waals surface area contributed by atoms with Crippen LogP contribution in [-0.2, 0) is 0 Å². The number of rotatable bonds is 3. The van der Waals surface area contributed by atoms with Crippen molar-refractivity contribution in [1.82, 2.24) is 0 Å². The Morgan fingerprint density at radius 1 is 1.05 bits per heavy atom. The molecule has 0 radical (unpaired) electrons. The predicted molar refractivity (Wildman–Crippen MR) is 76.8 cm³/mol. The Kier molecular flexibility index (Phi) is 4.92. The van der Waals surface area contributed by atoms with Crippen molar-refractivity contribution in [3.8, 4) is 18.2 Å². The summed E-state index contributed by atoms with van der Waals surface area (Å²) in [6.45, 7) is 0. The molecule has 98 valence electrons. The summed E-state index contributed by atoms with van der Waals surface area (Å²) in [5.74, 6) is 0. The quantitative estimate of drug-likeness (QED) is 0.663. The zero-order chi connectivity index (χ0) is 15.1. The summed E-state index contributed by atoms with van der Waals surface area (Å²) in [4.78, 5) is 1.95. The molecule has 1 aromatic rings. The van der Waals surface area contributed by atoms with E-state index in [1.807, 2.05) is 49.3 Å². The Balaban J connectivity index is 3.21. The lowest BCUT2D eigenvalue weighted by Gasteiger charge is -2.11. The topological polar surface area (TPSA) is 101 Å². The number of nitrogens with two attached hydrogens (primary N) is 1. The van der Waals surface area contributed by atoms with Gasteiger partial charge in [-0.25, -0.2) is 0 Å². The van der Waals surface area contributed by atoms with Gasteiger partial charge in [-0.3, -0.25) is 0 Å². The molecule has 5 nitrogen and oxygen atoms in total. The molecule has 2 N–H and O–H groups in total. The molecule has 0 saturated heterocycles. The van der Waals surface area contributed by atoms with Gasteiger partial charge in [0.05, 0.1) is 11.3 Å². The molecule has 0 bridgehead atoms. The van der Waals surface area contributed by atoms with Crippen molar-refractivity contribution in [3.63, 3.8) is 0 Å². The molecule has 0 aliphatic rings. The van der Waals surface area contributed by atoms with Crippen molar-refractivity contribution >= 4 is 11.8 Å². The molecule has 0 heterocycles. The molecule has 5 heteroatoms. The van der Waals surface area contributed by atoms with E-state index in [1.54, 1.807) is 18.2 Å². The maximum atomic E-state index is 9.08. The third-order valence-corrected chi connectivity index (χ3v) is 2.62. The van der Waals surface area contributed by atoms with Crippen molar-refractivity contribution in [3.05, 3.63) is 46.7 Å². The summed E-state index contributed by atoms with van der Waals surface area (Å²) >= 11 is 0. The first kappa shape index (κ1) is 14.8. The first-order chi connectivity index (χ1) is 9.53. The number of nitriles is 3. The summed E-state index contributed by atoms with van der Waals surface area (Å²) < 4.78 is 0. The average molecular weight is 263 g/mol. The van der Waals surface area contributed by atoms with E-state index >= 15 is 0 Å². The van der Waals surface area contributed by atoms with Crippen LogP contribution in [0.15, 0.2) is 41.1 Å².